The van der Waals surface area contributed by atoms with Gasteiger partial charge >= 0.3 is 0 Å². The molecule has 2 aliphatic rings. The topological polar surface area (TPSA) is 29.5 Å². The van der Waals surface area contributed by atoms with Crippen molar-refractivity contribution in [2.45, 2.75) is 31.5 Å². The maximum atomic E-state index is 12.0. The van der Waals surface area contributed by atoms with E-state index >= 15 is 0 Å². The van der Waals surface area contributed by atoms with E-state index in [9.17, 15) is 4.79 Å². The molecule has 0 saturated carbocycles. The van der Waals surface area contributed by atoms with Crippen molar-refractivity contribution in [2.24, 2.45) is 0 Å². The van der Waals surface area contributed by atoms with Crippen molar-refractivity contribution in [2.75, 3.05) is 19.6 Å². The summed E-state index contributed by atoms with van der Waals surface area (Å²) in [5.41, 5.74) is 0.828. The highest BCUT2D eigenvalue weighted by Crippen LogP contribution is 2.26. The van der Waals surface area contributed by atoms with Crippen molar-refractivity contribution in [3.05, 3.63) is 35.9 Å². The van der Waals surface area contributed by atoms with Gasteiger partial charge in [0, 0.05) is 31.6 Å². The lowest BCUT2D eigenvalue weighted by molar-refractivity contribution is -0.0379. The number of morpholine rings is 1. The monoisotopic (exact) mass is 245 g/mol. The van der Waals surface area contributed by atoms with E-state index in [4.69, 9.17) is 4.74 Å². The van der Waals surface area contributed by atoms with Gasteiger partial charge < -0.3 is 4.74 Å². The normalized spacial score (nSPS) is 27.3. The number of Topliss-reactive ketones (excluding diaryl/α,β-unsaturated/α-hetero) is 1. The molecule has 2 fully saturated rings. The molecule has 3 heteroatoms. The van der Waals surface area contributed by atoms with Crippen LogP contribution in [-0.4, -0.2) is 42.5 Å². The fourth-order valence-corrected chi connectivity index (χ4v) is 2.91. The molecular formula is C15H19NO2. The summed E-state index contributed by atoms with van der Waals surface area (Å²) in [7, 11) is 0. The molecular weight excluding hydrogens is 226 g/mol. The molecule has 0 spiro atoms. The van der Waals surface area contributed by atoms with Crippen molar-refractivity contribution in [1.82, 2.24) is 4.90 Å². The molecule has 1 aromatic carbocycles. The Morgan fingerprint density at radius 3 is 2.50 bits per heavy atom. The number of nitrogens with zero attached hydrogens (tertiary/aromatic N) is 1. The zero-order valence-corrected chi connectivity index (χ0v) is 10.5. The van der Waals surface area contributed by atoms with Gasteiger partial charge in [-0.2, -0.15) is 0 Å². The Bertz CT molecular complexity index is 406. The zero-order valence-electron chi connectivity index (χ0n) is 10.5. The molecule has 1 aromatic rings. The number of carbonyl (C=O) groups excluding carboxylic acids is 1. The van der Waals surface area contributed by atoms with Crippen LogP contribution < -0.4 is 0 Å². The van der Waals surface area contributed by atoms with E-state index < -0.39 is 0 Å². The minimum atomic E-state index is 0.245. The van der Waals surface area contributed by atoms with Crippen LogP contribution >= 0.6 is 0 Å². The largest absolute Gasteiger partial charge is 0.372 e. The highest BCUT2D eigenvalue weighted by Gasteiger charge is 2.33. The number of benzene rings is 1. The average Bonchev–Trinajstić information content (AvgIpc) is 2.76. The standard InChI is InChI=1S/C15H19NO2/c17-15(12-4-2-1-3-5-12)8-9-16-10-13-6-7-14(11-16)18-13/h1-5,13-14H,6-11H2. The molecule has 2 saturated heterocycles. The number of hydrogen-bond acceptors (Lipinski definition) is 3. The highest BCUT2D eigenvalue weighted by atomic mass is 16.5. The third-order valence-corrected chi connectivity index (χ3v) is 3.87. The van der Waals surface area contributed by atoms with Crippen molar-refractivity contribution in [3.63, 3.8) is 0 Å². The molecule has 18 heavy (non-hydrogen) atoms. The average molecular weight is 245 g/mol. The molecule has 0 N–H and O–H groups in total. The van der Waals surface area contributed by atoms with Crippen LogP contribution in [0.5, 0.6) is 0 Å². The summed E-state index contributed by atoms with van der Waals surface area (Å²) in [6.45, 7) is 2.86. The fourth-order valence-electron chi connectivity index (χ4n) is 2.91. The Hall–Kier alpha value is -1.19. The first-order valence-electron chi connectivity index (χ1n) is 6.77. The third-order valence-electron chi connectivity index (χ3n) is 3.87. The summed E-state index contributed by atoms with van der Waals surface area (Å²) in [5.74, 6) is 0.245. The summed E-state index contributed by atoms with van der Waals surface area (Å²) in [6.07, 6.45) is 3.82. The minimum Gasteiger partial charge on any atom is -0.372 e. The van der Waals surface area contributed by atoms with Crippen LogP contribution in [0.3, 0.4) is 0 Å². The summed E-state index contributed by atoms with van der Waals surface area (Å²) in [5, 5.41) is 0. The summed E-state index contributed by atoms with van der Waals surface area (Å²) < 4.78 is 5.79. The first-order valence-corrected chi connectivity index (χ1v) is 6.77. The van der Waals surface area contributed by atoms with Gasteiger partial charge in [0.25, 0.3) is 0 Å². The van der Waals surface area contributed by atoms with Gasteiger partial charge in [0.15, 0.2) is 5.78 Å². The van der Waals surface area contributed by atoms with Gasteiger partial charge in [-0.25, -0.2) is 0 Å². The van der Waals surface area contributed by atoms with Gasteiger partial charge in [-0.3, -0.25) is 9.69 Å². The molecule has 2 heterocycles. The van der Waals surface area contributed by atoms with Crippen molar-refractivity contribution in [1.29, 1.82) is 0 Å². The smallest absolute Gasteiger partial charge is 0.164 e. The number of ketones is 1. The Morgan fingerprint density at radius 1 is 1.17 bits per heavy atom. The van der Waals surface area contributed by atoms with E-state index in [-0.39, 0.29) is 5.78 Å². The van der Waals surface area contributed by atoms with Crippen LogP contribution in [0.2, 0.25) is 0 Å². The van der Waals surface area contributed by atoms with Crippen LogP contribution in [0.15, 0.2) is 30.3 Å². The van der Waals surface area contributed by atoms with Crippen LogP contribution in [0.25, 0.3) is 0 Å². The van der Waals surface area contributed by atoms with E-state index in [1.807, 2.05) is 30.3 Å². The molecule has 2 aliphatic heterocycles. The van der Waals surface area contributed by atoms with E-state index in [1.165, 1.54) is 12.8 Å². The number of hydrogen-bond donors (Lipinski definition) is 0. The number of rotatable bonds is 4. The third kappa shape index (κ3) is 2.62. The van der Waals surface area contributed by atoms with Crippen molar-refractivity contribution < 1.29 is 9.53 Å². The highest BCUT2D eigenvalue weighted by molar-refractivity contribution is 5.96. The predicted octanol–water partition coefficient (Wildman–Crippen LogP) is 2.12. The zero-order chi connectivity index (χ0) is 12.4. The Kier molecular flexibility index (Phi) is 3.43. The van der Waals surface area contributed by atoms with E-state index in [2.05, 4.69) is 4.90 Å². The second-order valence-corrected chi connectivity index (χ2v) is 5.26. The molecule has 2 atom stereocenters. The number of likely N-dealkylation sites (tertiary alicyclic amines) is 1. The van der Waals surface area contributed by atoms with Gasteiger partial charge in [0.05, 0.1) is 12.2 Å². The van der Waals surface area contributed by atoms with Crippen LogP contribution in [0, 0.1) is 0 Å². The molecule has 0 radical (unpaired) electrons. The summed E-state index contributed by atoms with van der Waals surface area (Å²) in [6, 6.07) is 9.57. The number of fused-ring (bicyclic) bond motifs is 2. The maximum absolute atomic E-state index is 12.0. The Balaban J connectivity index is 1.51. The molecule has 0 aliphatic carbocycles. The second kappa shape index (κ2) is 5.21. The first kappa shape index (κ1) is 11.9. The molecule has 3 rings (SSSR count). The molecule has 2 unspecified atom stereocenters. The quantitative estimate of drug-likeness (QED) is 0.761. The summed E-state index contributed by atoms with van der Waals surface area (Å²) in [4.78, 5) is 14.4. The molecule has 2 bridgehead atoms. The van der Waals surface area contributed by atoms with Gasteiger partial charge in [0.1, 0.15) is 0 Å². The lowest BCUT2D eigenvalue weighted by Gasteiger charge is -2.31. The number of ether oxygens (including phenoxy) is 1. The number of carbonyl (C=O) groups is 1. The minimum absolute atomic E-state index is 0.245. The van der Waals surface area contributed by atoms with E-state index in [0.717, 1.165) is 25.2 Å². The van der Waals surface area contributed by atoms with Gasteiger partial charge in [-0.15, -0.1) is 0 Å². The summed E-state index contributed by atoms with van der Waals surface area (Å²) >= 11 is 0. The lowest BCUT2D eigenvalue weighted by Crippen LogP contribution is -2.43. The fraction of sp³-hybridized carbons (Fsp3) is 0.533. The molecule has 96 valence electrons. The van der Waals surface area contributed by atoms with Crippen molar-refractivity contribution in [3.8, 4) is 0 Å². The van der Waals surface area contributed by atoms with Gasteiger partial charge in [-0.1, -0.05) is 30.3 Å². The van der Waals surface area contributed by atoms with E-state index in [1.54, 1.807) is 0 Å². The molecule has 0 amide bonds. The van der Waals surface area contributed by atoms with Gasteiger partial charge in [-0.05, 0) is 12.8 Å². The maximum Gasteiger partial charge on any atom is 0.164 e. The Morgan fingerprint density at radius 2 is 1.83 bits per heavy atom. The predicted molar refractivity (Wildman–Crippen MR) is 69.7 cm³/mol. The van der Waals surface area contributed by atoms with E-state index in [0.29, 0.717) is 18.6 Å². The van der Waals surface area contributed by atoms with Crippen LogP contribution in [0.1, 0.15) is 29.6 Å². The molecule has 3 nitrogen and oxygen atoms in total. The lowest BCUT2D eigenvalue weighted by atomic mass is 10.1. The molecule has 0 aromatic heterocycles. The second-order valence-electron chi connectivity index (χ2n) is 5.26. The van der Waals surface area contributed by atoms with Crippen LogP contribution in [0.4, 0.5) is 0 Å². The Labute approximate surface area is 108 Å². The first-order chi connectivity index (χ1) is 8.81. The van der Waals surface area contributed by atoms with Crippen molar-refractivity contribution >= 4 is 5.78 Å². The van der Waals surface area contributed by atoms with Gasteiger partial charge in [0.2, 0.25) is 0 Å². The van der Waals surface area contributed by atoms with Crippen LogP contribution in [-0.2, 0) is 4.74 Å². The SMILES string of the molecule is O=C(CCN1CC2CCC(C1)O2)c1ccccc1.